The Kier molecular flexibility index (Phi) is 54.8. The number of carbonyl (C=O) groups is 1. The molecule has 0 radical (unpaired) electrons. The number of allylic oxidation sites excluding steroid dienone is 17. The van der Waals surface area contributed by atoms with Crippen LogP contribution in [0, 0.1) is 0 Å². The second-order valence-electron chi connectivity index (χ2n) is 19.0. The van der Waals surface area contributed by atoms with Crippen LogP contribution in [-0.4, -0.2) is 34.9 Å². The summed E-state index contributed by atoms with van der Waals surface area (Å²) >= 11 is 0. The Balaban J connectivity index is 3.58. The van der Waals surface area contributed by atoms with Gasteiger partial charge >= 0.3 is 0 Å². The van der Waals surface area contributed by atoms with Gasteiger partial charge in [-0.05, 0) is 89.9 Å². The molecular formula is C63H109NO3. The number of nitrogens with one attached hydrogen (secondary N) is 1. The lowest BCUT2D eigenvalue weighted by molar-refractivity contribution is -0.123. The molecule has 0 aliphatic rings. The number of unbranched alkanes of at least 4 members (excludes halogenated alkanes) is 28. The maximum Gasteiger partial charge on any atom is 0.220 e. The normalized spacial score (nSPS) is 13.7. The Morgan fingerprint density at radius 3 is 1.04 bits per heavy atom. The lowest BCUT2D eigenvalue weighted by atomic mass is 10.0. The molecule has 0 rings (SSSR count). The first-order valence-corrected chi connectivity index (χ1v) is 28.6. The van der Waals surface area contributed by atoms with Crippen molar-refractivity contribution in [3.63, 3.8) is 0 Å². The van der Waals surface area contributed by atoms with E-state index in [1.165, 1.54) is 167 Å². The lowest BCUT2D eigenvalue weighted by Gasteiger charge is -2.19. The summed E-state index contributed by atoms with van der Waals surface area (Å²) in [7, 11) is 0. The van der Waals surface area contributed by atoms with Crippen LogP contribution in [0.1, 0.15) is 264 Å². The number of aliphatic hydroxyl groups excluding tert-OH is 2. The van der Waals surface area contributed by atoms with Gasteiger partial charge in [-0.1, -0.05) is 277 Å². The zero-order chi connectivity index (χ0) is 48.5. The lowest BCUT2D eigenvalue weighted by Crippen LogP contribution is -2.45. The molecule has 0 aromatic rings. The molecule has 1 amide bonds. The number of hydrogen-bond acceptors (Lipinski definition) is 3. The Bertz CT molecular complexity index is 1280. The summed E-state index contributed by atoms with van der Waals surface area (Å²) in [6.07, 6.45) is 86.8. The van der Waals surface area contributed by atoms with E-state index in [1.807, 2.05) is 6.08 Å². The van der Waals surface area contributed by atoms with Gasteiger partial charge in [0.25, 0.3) is 0 Å². The molecule has 0 aliphatic carbocycles. The van der Waals surface area contributed by atoms with E-state index in [0.29, 0.717) is 6.42 Å². The number of amides is 1. The molecule has 0 aromatic carbocycles. The van der Waals surface area contributed by atoms with E-state index >= 15 is 0 Å². The third-order valence-corrected chi connectivity index (χ3v) is 12.5. The van der Waals surface area contributed by atoms with Crippen molar-refractivity contribution in [3.05, 3.63) is 109 Å². The Morgan fingerprint density at radius 2 is 0.672 bits per heavy atom. The summed E-state index contributed by atoms with van der Waals surface area (Å²) in [5.41, 5.74) is 0. The summed E-state index contributed by atoms with van der Waals surface area (Å²) in [6, 6.07) is -0.646. The molecule has 67 heavy (non-hydrogen) atoms. The van der Waals surface area contributed by atoms with Crippen LogP contribution >= 0.6 is 0 Å². The highest BCUT2D eigenvalue weighted by Crippen LogP contribution is 2.16. The number of aliphatic hydroxyl groups is 2. The van der Waals surface area contributed by atoms with Gasteiger partial charge in [0.05, 0.1) is 18.8 Å². The first-order valence-electron chi connectivity index (χ1n) is 28.6. The number of hydrogen-bond donors (Lipinski definition) is 3. The van der Waals surface area contributed by atoms with Crippen molar-refractivity contribution in [1.82, 2.24) is 5.32 Å². The van der Waals surface area contributed by atoms with Crippen LogP contribution in [0.15, 0.2) is 109 Å². The summed E-state index contributed by atoms with van der Waals surface area (Å²) in [6.45, 7) is 4.19. The molecule has 0 heterocycles. The molecule has 0 saturated carbocycles. The maximum absolute atomic E-state index is 12.5. The topological polar surface area (TPSA) is 69.6 Å². The van der Waals surface area contributed by atoms with Crippen LogP contribution in [0.2, 0.25) is 0 Å². The minimum Gasteiger partial charge on any atom is -0.394 e. The quantitative estimate of drug-likeness (QED) is 0.0420. The first-order chi connectivity index (χ1) is 33.2. The van der Waals surface area contributed by atoms with Gasteiger partial charge in [0.1, 0.15) is 0 Å². The van der Waals surface area contributed by atoms with Crippen LogP contribution < -0.4 is 5.32 Å². The summed E-state index contributed by atoms with van der Waals surface area (Å²) in [5.74, 6) is -0.0776. The van der Waals surface area contributed by atoms with Crippen molar-refractivity contribution in [1.29, 1.82) is 0 Å². The van der Waals surface area contributed by atoms with Gasteiger partial charge in [0.15, 0.2) is 0 Å². The van der Waals surface area contributed by atoms with Gasteiger partial charge in [-0.2, -0.15) is 0 Å². The summed E-state index contributed by atoms with van der Waals surface area (Å²) in [5, 5.41) is 23.1. The van der Waals surface area contributed by atoms with Gasteiger partial charge in [-0.25, -0.2) is 0 Å². The molecule has 2 unspecified atom stereocenters. The van der Waals surface area contributed by atoms with E-state index < -0.39 is 12.1 Å². The fourth-order valence-corrected chi connectivity index (χ4v) is 8.18. The molecule has 2 atom stereocenters. The van der Waals surface area contributed by atoms with Crippen LogP contribution in [0.4, 0.5) is 0 Å². The van der Waals surface area contributed by atoms with E-state index in [0.717, 1.165) is 77.0 Å². The predicted molar refractivity (Wildman–Crippen MR) is 299 cm³/mol. The minimum absolute atomic E-state index is 0.0776. The third kappa shape index (κ3) is 53.9. The summed E-state index contributed by atoms with van der Waals surface area (Å²) < 4.78 is 0. The zero-order valence-electron chi connectivity index (χ0n) is 44.1. The zero-order valence-corrected chi connectivity index (χ0v) is 44.1. The molecule has 0 aromatic heterocycles. The van der Waals surface area contributed by atoms with Crippen LogP contribution in [0.5, 0.6) is 0 Å². The van der Waals surface area contributed by atoms with E-state index in [2.05, 4.69) is 116 Å². The monoisotopic (exact) mass is 928 g/mol. The highest BCUT2D eigenvalue weighted by molar-refractivity contribution is 5.76. The third-order valence-electron chi connectivity index (χ3n) is 12.5. The smallest absolute Gasteiger partial charge is 0.220 e. The van der Waals surface area contributed by atoms with Crippen molar-refractivity contribution >= 4 is 5.91 Å². The maximum atomic E-state index is 12.5. The fraction of sp³-hybridized carbons (Fsp3) is 0.698. The SMILES string of the molecule is CC/C=C\C/C=C\C/C=C\C/C=C\C/C=C\C/C=C\C/C=C\CCCCCCCCCCCCCCCC(=O)NC(CO)C(O)/C=C/CC/C=C/CCCCCCCCCCCCCCCC. The van der Waals surface area contributed by atoms with Crippen molar-refractivity contribution in [2.24, 2.45) is 0 Å². The molecular weight excluding hydrogens is 819 g/mol. The Morgan fingerprint density at radius 1 is 0.373 bits per heavy atom. The number of carbonyl (C=O) groups excluding carboxylic acids is 1. The van der Waals surface area contributed by atoms with Gasteiger partial charge in [0.2, 0.25) is 5.91 Å². The van der Waals surface area contributed by atoms with Gasteiger partial charge < -0.3 is 15.5 Å². The van der Waals surface area contributed by atoms with E-state index in [4.69, 9.17) is 0 Å². The highest BCUT2D eigenvalue weighted by Gasteiger charge is 2.18. The fourth-order valence-electron chi connectivity index (χ4n) is 8.18. The molecule has 0 fully saturated rings. The van der Waals surface area contributed by atoms with Gasteiger partial charge in [0, 0.05) is 6.42 Å². The van der Waals surface area contributed by atoms with Crippen LogP contribution in [0.25, 0.3) is 0 Å². The van der Waals surface area contributed by atoms with E-state index in [-0.39, 0.29) is 12.5 Å². The van der Waals surface area contributed by atoms with Gasteiger partial charge in [-0.3, -0.25) is 4.79 Å². The minimum atomic E-state index is -0.869. The largest absolute Gasteiger partial charge is 0.394 e. The average molecular weight is 929 g/mol. The van der Waals surface area contributed by atoms with E-state index in [9.17, 15) is 15.0 Å². The highest BCUT2D eigenvalue weighted by atomic mass is 16.3. The van der Waals surface area contributed by atoms with Crippen molar-refractivity contribution in [2.45, 2.75) is 276 Å². The standard InChI is InChI=1S/C63H109NO3/c1-3-5-7-9-11-13-15-17-19-21-23-25-26-27-28-29-30-31-32-33-34-35-36-37-38-39-41-43-45-47-49-51-53-55-57-59-63(67)64-61(60-65)62(66)58-56-54-52-50-48-46-44-42-40-24-22-20-18-16-14-12-10-8-6-4-2/h5,7,11,13,17,19,23,25,27-28,30-31,33-34,48,50,56,58,61-62,65-66H,3-4,6,8-10,12,14-16,18,20-22,24,26,29,32,35-47,49,51-55,57,59-60H2,1-2H3,(H,64,67)/b7-5-,13-11-,19-17-,25-23-,28-27-,31-30-,34-33-,50-48+,58-56+. The molecule has 4 nitrogen and oxygen atoms in total. The molecule has 384 valence electrons. The van der Waals surface area contributed by atoms with Crippen LogP contribution in [0.3, 0.4) is 0 Å². The second kappa shape index (κ2) is 57.4. The molecule has 0 aliphatic heterocycles. The van der Waals surface area contributed by atoms with Crippen molar-refractivity contribution < 1.29 is 15.0 Å². The number of rotatable bonds is 51. The van der Waals surface area contributed by atoms with Crippen molar-refractivity contribution in [3.8, 4) is 0 Å². The van der Waals surface area contributed by atoms with Crippen molar-refractivity contribution in [2.75, 3.05) is 6.61 Å². The molecule has 0 saturated heterocycles. The molecule has 0 bridgehead atoms. The Hall–Kier alpha value is -2.95. The second-order valence-corrected chi connectivity index (χ2v) is 19.0. The van der Waals surface area contributed by atoms with E-state index in [1.54, 1.807) is 6.08 Å². The molecule has 3 N–H and O–H groups in total. The predicted octanol–water partition coefficient (Wildman–Crippen LogP) is 19.1. The summed E-state index contributed by atoms with van der Waals surface area (Å²) in [4.78, 5) is 12.5. The Labute approximate surface area is 416 Å². The molecule has 0 spiro atoms. The molecule has 4 heteroatoms. The van der Waals surface area contributed by atoms with Gasteiger partial charge in [-0.15, -0.1) is 0 Å². The first kappa shape index (κ1) is 64.0. The van der Waals surface area contributed by atoms with Crippen LogP contribution in [-0.2, 0) is 4.79 Å². The average Bonchev–Trinajstić information content (AvgIpc) is 3.33.